The molecule has 1 amide bonds. The Kier molecular flexibility index (Phi) is 4.76. The quantitative estimate of drug-likeness (QED) is 0.466. The van der Waals surface area contributed by atoms with Gasteiger partial charge in [-0.2, -0.15) is 0 Å². The van der Waals surface area contributed by atoms with Crippen LogP contribution >= 0.6 is 23.2 Å². The molecule has 2 unspecified atom stereocenters. The van der Waals surface area contributed by atoms with Crippen LogP contribution in [0.4, 0.5) is 0 Å². The molecule has 1 fully saturated rings. The zero-order chi connectivity index (χ0) is 14.7. The number of carbonyl (C=O) groups is 1. The molecule has 106 valence electrons. The molecule has 0 bridgehead atoms. The lowest BCUT2D eigenvalue weighted by Crippen LogP contribution is -2.28. The summed E-state index contributed by atoms with van der Waals surface area (Å²) >= 11 is 12.1. The second-order valence-electron chi connectivity index (χ2n) is 4.87. The van der Waals surface area contributed by atoms with Crippen molar-refractivity contribution in [1.29, 1.82) is 0 Å². The highest BCUT2D eigenvalue weighted by Crippen LogP contribution is 2.33. The van der Waals surface area contributed by atoms with Crippen molar-refractivity contribution >= 4 is 29.1 Å². The molecule has 1 aliphatic rings. The van der Waals surface area contributed by atoms with Gasteiger partial charge in [0.05, 0.1) is 6.04 Å². The van der Waals surface area contributed by atoms with Gasteiger partial charge in [0.2, 0.25) is 5.91 Å². The SMILES string of the molecule is CC(c1ccc(Cl)cc1Cl)N1CC(CN=[N+]=[N-])CC1=O. The van der Waals surface area contributed by atoms with Gasteiger partial charge in [0.25, 0.3) is 0 Å². The maximum atomic E-state index is 12.1. The summed E-state index contributed by atoms with van der Waals surface area (Å²) in [4.78, 5) is 16.6. The first-order valence-electron chi connectivity index (χ1n) is 6.28. The van der Waals surface area contributed by atoms with Crippen molar-refractivity contribution in [3.8, 4) is 0 Å². The van der Waals surface area contributed by atoms with E-state index in [0.29, 0.717) is 29.6 Å². The Bertz CT molecular complexity index is 571. The maximum Gasteiger partial charge on any atom is 0.223 e. The normalized spacial score (nSPS) is 19.9. The number of azide groups is 1. The first-order valence-corrected chi connectivity index (χ1v) is 7.03. The molecule has 0 radical (unpaired) electrons. The van der Waals surface area contributed by atoms with Crippen molar-refractivity contribution in [3.05, 3.63) is 44.3 Å². The van der Waals surface area contributed by atoms with E-state index in [1.807, 2.05) is 13.0 Å². The molecule has 1 saturated heterocycles. The summed E-state index contributed by atoms with van der Waals surface area (Å²) in [5, 5.41) is 4.66. The summed E-state index contributed by atoms with van der Waals surface area (Å²) in [5.41, 5.74) is 9.21. The minimum Gasteiger partial charge on any atom is -0.336 e. The summed E-state index contributed by atoms with van der Waals surface area (Å²) in [7, 11) is 0. The third-order valence-corrected chi connectivity index (χ3v) is 4.08. The van der Waals surface area contributed by atoms with Gasteiger partial charge in [0.1, 0.15) is 0 Å². The standard InChI is InChI=1S/C13H14Cl2N4O/c1-8(11-3-2-10(14)5-12(11)15)19-7-9(4-13(19)20)6-17-18-16/h2-3,5,8-9H,4,6-7H2,1H3. The monoisotopic (exact) mass is 312 g/mol. The van der Waals surface area contributed by atoms with Crippen molar-refractivity contribution in [2.24, 2.45) is 11.0 Å². The maximum absolute atomic E-state index is 12.1. The number of benzene rings is 1. The number of rotatable bonds is 4. The topological polar surface area (TPSA) is 69.1 Å². The van der Waals surface area contributed by atoms with Crippen LogP contribution in [0, 0.1) is 5.92 Å². The molecule has 20 heavy (non-hydrogen) atoms. The van der Waals surface area contributed by atoms with E-state index in [2.05, 4.69) is 10.0 Å². The molecule has 1 aliphatic heterocycles. The van der Waals surface area contributed by atoms with Gasteiger partial charge in [-0.05, 0) is 36.1 Å². The minimum atomic E-state index is -0.122. The molecular weight excluding hydrogens is 299 g/mol. The molecule has 1 aromatic rings. The first kappa shape index (κ1) is 15.0. The first-order chi connectivity index (χ1) is 9.52. The second-order valence-corrected chi connectivity index (χ2v) is 5.72. The van der Waals surface area contributed by atoms with E-state index in [1.165, 1.54) is 0 Å². The Labute approximate surface area is 127 Å². The summed E-state index contributed by atoms with van der Waals surface area (Å²) in [6.45, 7) is 2.86. The third-order valence-electron chi connectivity index (χ3n) is 3.52. The smallest absolute Gasteiger partial charge is 0.223 e. The number of halogens is 2. The highest BCUT2D eigenvalue weighted by molar-refractivity contribution is 6.35. The average Bonchev–Trinajstić information content (AvgIpc) is 2.77. The highest BCUT2D eigenvalue weighted by Gasteiger charge is 2.33. The van der Waals surface area contributed by atoms with Crippen molar-refractivity contribution in [2.45, 2.75) is 19.4 Å². The lowest BCUT2D eigenvalue weighted by molar-refractivity contribution is -0.129. The van der Waals surface area contributed by atoms with Crippen LogP contribution in [0.5, 0.6) is 0 Å². The molecule has 2 rings (SSSR count). The van der Waals surface area contributed by atoms with E-state index in [4.69, 9.17) is 28.7 Å². The van der Waals surface area contributed by atoms with E-state index in [9.17, 15) is 4.79 Å². The summed E-state index contributed by atoms with van der Waals surface area (Å²) in [5.74, 6) is 0.133. The molecule has 2 atom stereocenters. The predicted octanol–water partition coefficient (Wildman–Crippen LogP) is 4.21. The Hall–Kier alpha value is -1.42. The lowest BCUT2D eigenvalue weighted by Gasteiger charge is -2.26. The van der Waals surface area contributed by atoms with E-state index in [1.54, 1.807) is 17.0 Å². The molecule has 0 N–H and O–H groups in total. The fraction of sp³-hybridized carbons (Fsp3) is 0.462. The van der Waals surface area contributed by atoms with Crippen LogP contribution in [0.3, 0.4) is 0 Å². The average molecular weight is 313 g/mol. The van der Waals surface area contributed by atoms with Gasteiger partial charge >= 0.3 is 0 Å². The second kappa shape index (κ2) is 6.35. The van der Waals surface area contributed by atoms with Crippen molar-refractivity contribution < 1.29 is 4.79 Å². The zero-order valence-corrected chi connectivity index (χ0v) is 12.5. The van der Waals surface area contributed by atoms with Crippen molar-refractivity contribution in [2.75, 3.05) is 13.1 Å². The molecule has 0 saturated carbocycles. The minimum absolute atomic E-state index is 0.0571. The van der Waals surface area contributed by atoms with Crippen LogP contribution in [-0.2, 0) is 4.79 Å². The summed E-state index contributed by atoms with van der Waals surface area (Å²) in [6, 6.07) is 5.15. The lowest BCUT2D eigenvalue weighted by atomic mass is 10.1. The Morgan fingerprint density at radius 1 is 1.55 bits per heavy atom. The number of hydrogen-bond acceptors (Lipinski definition) is 2. The third kappa shape index (κ3) is 3.18. The molecule has 0 aliphatic carbocycles. The van der Waals surface area contributed by atoms with E-state index >= 15 is 0 Å². The fourth-order valence-corrected chi connectivity index (χ4v) is 3.03. The van der Waals surface area contributed by atoms with Crippen molar-refractivity contribution in [3.63, 3.8) is 0 Å². The van der Waals surface area contributed by atoms with Gasteiger partial charge in [-0.25, -0.2) is 0 Å². The van der Waals surface area contributed by atoms with Gasteiger partial charge in [-0.3, -0.25) is 4.79 Å². The van der Waals surface area contributed by atoms with Gasteiger partial charge in [-0.15, -0.1) is 0 Å². The summed E-state index contributed by atoms with van der Waals surface area (Å²) in [6.07, 6.45) is 0.411. The van der Waals surface area contributed by atoms with E-state index in [0.717, 1.165) is 5.56 Å². The number of hydrogen-bond donors (Lipinski definition) is 0. The van der Waals surface area contributed by atoms with Gasteiger partial charge in [0, 0.05) is 34.5 Å². The largest absolute Gasteiger partial charge is 0.336 e. The fourth-order valence-electron chi connectivity index (χ4n) is 2.47. The number of nitrogens with zero attached hydrogens (tertiary/aromatic N) is 4. The molecule has 1 heterocycles. The van der Waals surface area contributed by atoms with Crippen molar-refractivity contribution in [1.82, 2.24) is 4.90 Å². The summed E-state index contributed by atoms with van der Waals surface area (Å²) < 4.78 is 0. The van der Waals surface area contributed by atoms with Crippen LogP contribution in [0.15, 0.2) is 23.3 Å². The van der Waals surface area contributed by atoms with Gasteiger partial charge in [0.15, 0.2) is 0 Å². The Balaban J connectivity index is 2.14. The molecule has 7 heteroatoms. The van der Waals surface area contributed by atoms with E-state index in [-0.39, 0.29) is 17.9 Å². The van der Waals surface area contributed by atoms with Crippen LogP contribution in [-0.4, -0.2) is 23.9 Å². The highest BCUT2D eigenvalue weighted by atomic mass is 35.5. The molecular formula is C13H14Cl2N4O. The predicted molar refractivity (Wildman–Crippen MR) is 78.7 cm³/mol. The zero-order valence-electron chi connectivity index (χ0n) is 11.0. The molecule has 5 nitrogen and oxygen atoms in total. The van der Waals surface area contributed by atoms with E-state index < -0.39 is 0 Å². The molecule has 1 aromatic carbocycles. The molecule has 0 spiro atoms. The Morgan fingerprint density at radius 3 is 2.95 bits per heavy atom. The van der Waals surface area contributed by atoms with Gasteiger partial charge < -0.3 is 4.90 Å². The van der Waals surface area contributed by atoms with Crippen LogP contribution < -0.4 is 0 Å². The molecule has 0 aromatic heterocycles. The number of carbonyl (C=O) groups excluding carboxylic acids is 1. The number of likely N-dealkylation sites (tertiary alicyclic amines) is 1. The Morgan fingerprint density at radius 2 is 2.30 bits per heavy atom. The van der Waals surface area contributed by atoms with Crippen LogP contribution in [0.25, 0.3) is 10.4 Å². The van der Waals surface area contributed by atoms with Gasteiger partial charge in [-0.1, -0.05) is 34.4 Å². The van der Waals surface area contributed by atoms with Crippen LogP contribution in [0.1, 0.15) is 24.9 Å². The number of amides is 1. The van der Waals surface area contributed by atoms with Crippen LogP contribution in [0.2, 0.25) is 10.0 Å².